The van der Waals surface area contributed by atoms with Gasteiger partial charge in [-0.3, -0.25) is 9.59 Å². The number of amides is 1. The molecule has 1 aliphatic rings. The number of benzene rings is 2. The van der Waals surface area contributed by atoms with Gasteiger partial charge in [-0.05, 0) is 48.6 Å². The fourth-order valence-electron chi connectivity index (χ4n) is 3.78. The van der Waals surface area contributed by atoms with Crippen LogP contribution in [0.4, 0.5) is 0 Å². The largest absolute Gasteiger partial charge is 0.452 e. The number of esters is 1. The minimum absolute atomic E-state index is 0.139. The normalized spacial score (nSPS) is 18.9. The van der Waals surface area contributed by atoms with Gasteiger partial charge in [0.15, 0.2) is 12.4 Å². The zero-order valence-corrected chi connectivity index (χ0v) is 17.3. The van der Waals surface area contributed by atoms with Gasteiger partial charge in [0.1, 0.15) is 0 Å². The highest BCUT2D eigenvalue weighted by Gasteiger charge is 2.26. The van der Waals surface area contributed by atoms with Crippen molar-refractivity contribution in [3.63, 3.8) is 0 Å². The smallest absolute Gasteiger partial charge is 0.339 e. The molecule has 2 aromatic rings. The first-order chi connectivity index (χ1) is 13.8. The summed E-state index contributed by atoms with van der Waals surface area (Å²) in [6.45, 7) is 5.24. The zero-order chi connectivity index (χ0) is 21.0. The number of hydrogen-bond acceptors (Lipinski definition) is 4. The van der Waals surface area contributed by atoms with E-state index in [-0.39, 0.29) is 29.4 Å². The van der Waals surface area contributed by atoms with E-state index in [1.165, 1.54) is 6.07 Å². The predicted molar refractivity (Wildman–Crippen MR) is 111 cm³/mol. The molecule has 1 fully saturated rings. The molecule has 5 nitrogen and oxygen atoms in total. The summed E-state index contributed by atoms with van der Waals surface area (Å²) in [6, 6.07) is 12.9. The average molecular weight is 414 g/mol. The summed E-state index contributed by atoms with van der Waals surface area (Å²) in [5.41, 5.74) is 0.787. The van der Waals surface area contributed by atoms with Gasteiger partial charge in [-0.1, -0.05) is 43.6 Å². The van der Waals surface area contributed by atoms with Crippen LogP contribution in [0.15, 0.2) is 48.5 Å². The fourth-order valence-corrected chi connectivity index (χ4v) is 3.90. The van der Waals surface area contributed by atoms with Gasteiger partial charge in [-0.25, -0.2) is 4.79 Å². The molecule has 1 saturated heterocycles. The fraction of sp³-hybridized carbons (Fsp3) is 0.348. The van der Waals surface area contributed by atoms with Gasteiger partial charge in [-0.15, -0.1) is 0 Å². The van der Waals surface area contributed by atoms with Crippen molar-refractivity contribution in [2.45, 2.75) is 20.3 Å². The van der Waals surface area contributed by atoms with Crippen molar-refractivity contribution in [3.8, 4) is 0 Å². The van der Waals surface area contributed by atoms with E-state index in [0.29, 0.717) is 35.5 Å². The third-order valence-corrected chi connectivity index (χ3v) is 5.30. The Morgan fingerprint density at radius 3 is 2.17 bits per heavy atom. The lowest BCUT2D eigenvalue weighted by Gasteiger charge is -2.34. The topological polar surface area (TPSA) is 63.7 Å². The van der Waals surface area contributed by atoms with Gasteiger partial charge < -0.3 is 9.64 Å². The molecule has 0 unspecified atom stereocenters. The number of ketones is 1. The first-order valence-electron chi connectivity index (χ1n) is 9.69. The lowest BCUT2D eigenvalue weighted by Crippen LogP contribution is -2.44. The number of piperidine rings is 1. The van der Waals surface area contributed by atoms with Crippen molar-refractivity contribution in [1.29, 1.82) is 0 Å². The molecule has 1 aliphatic heterocycles. The van der Waals surface area contributed by atoms with Crippen LogP contribution in [0.3, 0.4) is 0 Å². The first kappa shape index (κ1) is 21.1. The molecule has 0 radical (unpaired) electrons. The maximum absolute atomic E-state index is 12.8. The molecule has 0 N–H and O–H groups in total. The van der Waals surface area contributed by atoms with Crippen LogP contribution >= 0.6 is 11.6 Å². The van der Waals surface area contributed by atoms with Crippen molar-refractivity contribution in [2.75, 3.05) is 19.7 Å². The molecule has 2 atom stereocenters. The van der Waals surface area contributed by atoms with Crippen LogP contribution in [0.1, 0.15) is 46.5 Å². The van der Waals surface area contributed by atoms with Gasteiger partial charge in [0, 0.05) is 29.2 Å². The highest BCUT2D eigenvalue weighted by Crippen LogP contribution is 2.21. The number of hydrogen-bond donors (Lipinski definition) is 0. The minimum Gasteiger partial charge on any atom is -0.452 e. The number of rotatable bonds is 5. The molecule has 3 rings (SSSR count). The van der Waals surface area contributed by atoms with Gasteiger partial charge in [0.2, 0.25) is 0 Å². The third-order valence-electron chi connectivity index (χ3n) is 5.05. The quantitative estimate of drug-likeness (QED) is 0.543. The molecule has 0 aliphatic carbocycles. The van der Waals surface area contributed by atoms with Gasteiger partial charge in [-0.2, -0.15) is 0 Å². The number of carbonyl (C=O) groups is 3. The maximum atomic E-state index is 12.8. The molecule has 0 bridgehead atoms. The summed E-state index contributed by atoms with van der Waals surface area (Å²) in [5, 5.41) is 0.522. The molecule has 152 valence electrons. The Hall–Kier alpha value is -2.66. The molecule has 29 heavy (non-hydrogen) atoms. The van der Waals surface area contributed by atoms with Crippen molar-refractivity contribution in [2.24, 2.45) is 11.8 Å². The van der Waals surface area contributed by atoms with E-state index >= 15 is 0 Å². The molecule has 0 saturated carbocycles. The number of carbonyl (C=O) groups excluding carboxylic acids is 3. The van der Waals surface area contributed by atoms with E-state index in [4.69, 9.17) is 16.3 Å². The van der Waals surface area contributed by atoms with E-state index in [1.807, 2.05) is 0 Å². The molecular weight excluding hydrogens is 390 g/mol. The van der Waals surface area contributed by atoms with Crippen LogP contribution in [-0.4, -0.2) is 42.3 Å². The maximum Gasteiger partial charge on any atom is 0.339 e. The van der Waals surface area contributed by atoms with E-state index in [9.17, 15) is 14.4 Å². The van der Waals surface area contributed by atoms with Crippen molar-refractivity contribution in [3.05, 3.63) is 70.2 Å². The Kier molecular flexibility index (Phi) is 6.70. The molecule has 1 amide bonds. The zero-order valence-electron chi connectivity index (χ0n) is 16.6. The standard InChI is InChI=1S/C23H24ClNO4/c1-15-11-16(2)13-25(12-15)21(26)14-29-23(28)20-6-4-3-5-19(20)22(27)17-7-9-18(24)10-8-17/h3-10,15-16H,11-14H2,1-2H3/t15-,16-/m0/s1. The molecular formula is C23H24ClNO4. The summed E-state index contributed by atoms with van der Waals surface area (Å²) >= 11 is 5.88. The summed E-state index contributed by atoms with van der Waals surface area (Å²) < 4.78 is 5.26. The highest BCUT2D eigenvalue weighted by molar-refractivity contribution is 6.30. The lowest BCUT2D eigenvalue weighted by atomic mass is 9.92. The van der Waals surface area contributed by atoms with Crippen LogP contribution in [-0.2, 0) is 9.53 Å². The van der Waals surface area contributed by atoms with Crippen molar-refractivity contribution >= 4 is 29.3 Å². The third kappa shape index (κ3) is 5.24. The van der Waals surface area contributed by atoms with E-state index in [2.05, 4.69) is 13.8 Å². The van der Waals surface area contributed by atoms with Crippen LogP contribution in [0.5, 0.6) is 0 Å². The summed E-state index contributed by atoms with van der Waals surface area (Å²) in [7, 11) is 0. The average Bonchev–Trinajstić information content (AvgIpc) is 2.71. The first-order valence-corrected chi connectivity index (χ1v) is 10.1. The Balaban J connectivity index is 1.69. The number of likely N-dealkylation sites (tertiary alicyclic amines) is 1. The lowest BCUT2D eigenvalue weighted by molar-refractivity contribution is -0.137. The molecule has 6 heteroatoms. The van der Waals surface area contributed by atoms with Crippen molar-refractivity contribution < 1.29 is 19.1 Å². The number of halogens is 1. The Morgan fingerprint density at radius 2 is 1.55 bits per heavy atom. The Bertz CT molecular complexity index is 899. The molecule has 2 aromatic carbocycles. The highest BCUT2D eigenvalue weighted by atomic mass is 35.5. The molecule has 1 heterocycles. The van der Waals surface area contributed by atoms with Crippen LogP contribution in [0.25, 0.3) is 0 Å². The van der Waals surface area contributed by atoms with Gasteiger partial charge in [0.25, 0.3) is 5.91 Å². The van der Waals surface area contributed by atoms with Crippen LogP contribution < -0.4 is 0 Å². The van der Waals surface area contributed by atoms with Gasteiger partial charge >= 0.3 is 5.97 Å². The second kappa shape index (κ2) is 9.23. The molecule has 0 spiro atoms. The molecule has 0 aromatic heterocycles. The van der Waals surface area contributed by atoms with Crippen LogP contribution in [0.2, 0.25) is 5.02 Å². The Labute approximate surface area is 175 Å². The van der Waals surface area contributed by atoms with Crippen molar-refractivity contribution in [1.82, 2.24) is 4.90 Å². The Morgan fingerprint density at radius 1 is 0.966 bits per heavy atom. The monoisotopic (exact) mass is 413 g/mol. The predicted octanol–water partition coefficient (Wildman–Crippen LogP) is 4.23. The summed E-state index contributed by atoms with van der Waals surface area (Å²) in [4.78, 5) is 39.6. The van der Waals surface area contributed by atoms with E-state index in [0.717, 1.165) is 6.42 Å². The van der Waals surface area contributed by atoms with Crippen LogP contribution in [0, 0.1) is 11.8 Å². The van der Waals surface area contributed by atoms with E-state index < -0.39 is 5.97 Å². The second-order valence-electron chi connectivity index (χ2n) is 7.70. The second-order valence-corrected chi connectivity index (χ2v) is 8.14. The number of ether oxygens (including phenoxy) is 1. The van der Waals surface area contributed by atoms with Gasteiger partial charge in [0.05, 0.1) is 5.56 Å². The number of nitrogens with zero attached hydrogens (tertiary/aromatic N) is 1. The minimum atomic E-state index is -0.686. The SMILES string of the molecule is C[C@H]1C[C@H](C)CN(C(=O)COC(=O)c2ccccc2C(=O)c2ccc(Cl)cc2)C1. The van der Waals surface area contributed by atoms with E-state index in [1.54, 1.807) is 47.4 Å². The summed E-state index contributed by atoms with van der Waals surface area (Å²) in [5.74, 6) is -0.348. The summed E-state index contributed by atoms with van der Waals surface area (Å²) in [6.07, 6.45) is 1.09.